The van der Waals surface area contributed by atoms with Gasteiger partial charge < -0.3 is 10.1 Å². The second-order valence-corrected chi connectivity index (χ2v) is 5.83. The SMILES string of the molecule is COC1CC(NCC(C#N)c2ccccc2)C1(C)C. The Morgan fingerprint density at radius 2 is 2.11 bits per heavy atom. The van der Waals surface area contributed by atoms with Crippen molar-refractivity contribution in [3.8, 4) is 6.07 Å². The Kier molecular flexibility index (Phi) is 4.24. The van der Waals surface area contributed by atoms with E-state index in [1.807, 2.05) is 30.3 Å². The number of hydrogen-bond acceptors (Lipinski definition) is 3. The molecule has 3 atom stereocenters. The number of hydrogen-bond donors (Lipinski definition) is 1. The van der Waals surface area contributed by atoms with Crippen molar-refractivity contribution in [1.29, 1.82) is 5.26 Å². The van der Waals surface area contributed by atoms with E-state index in [0.717, 1.165) is 12.0 Å². The molecule has 1 saturated carbocycles. The van der Waals surface area contributed by atoms with E-state index >= 15 is 0 Å². The number of nitriles is 1. The summed E-state index contributed by atoms with van der Waals surface area (Å²) in [4.78, 5) is 0. The number of nitrogens with one attached hydrogen (secondary N) is 1. The van der Waals surface area contributed by atoms with Crippen molar-refractivity contribution >= 4 is 0 Å². The zero-order valence-corrected chi connectivity index (χ0v) is 11.9. The van der Waals surface area contributed by atoms with Crippen LogP contribution < -0.4 is 5.32 Å². The molecule has 3 heteroatoms. The van der Waals surface area contributed by atoms with E-state index in [1.165, 1.54) is 0 Å². The standard InChI is InChI=1S/C16H22N2O/c1-16(2)14(9-15(16)19-3)18-11-13(10-17)12-7-5-4-6-8-12/h4-8,13-15,18H,9,11H2,1-3H3. The van der Waals surface area contributed by atoms with Gasteiger partial charge in [-0.1, -0.05) is 44.2 Å². The number of ether oxygens (including phenoxy) is 1. The maximum Gasteiger partial charge on any atom is 0.0837 e. The fraction of sp³-hybridized carbons (Fsp3) is 0.562. The Labute approximate surface area is 115 Å². The molecule has 19 heavy (non-hydrogen) atoms. The van der Waals surface area contributed by atoms with Crippen molar-refractivity contribution in [1.82, 2.24) is 5.32 Å². The van der Waals surface area contributed by atoms with Crippen molar-refractivity contribution in [3.63, 3.8) is 0 Å². The van der Waals surface area contributed by atoms with E-state index in [9.17, 15) is 5.26 Å². The molecule has 0 radical (unpaired) electrons. The highest BCUT2D eigenvalue weighted by atomic mass is 16.5. The Hall–Kier alpha value is -1.37. The van der Waals surface area contributed by atoms with Gasteiger partial charge in [0.1, 0.15) is 0 Å². The summed E-state index contributed by atoms with van der Waals surface area (Å²) in [6, 6.07) is 12.8. The van der Waals surface area contributed by atoms with Crippen molar-refractivity contribution in [2.24, 2.45) is 5.41 Å². The molecule has 1 fully saturated rings. The first kappa shape index (κ1) is 14.0. The predicted octanol–water partition coefficient (Wildman–Crippen LogP) is 2.70. The third-order valence-corrected chi connectivity index (χ3v) is 4.39. The van der Waals surface area contributed by atoms with Gasteiger partial charge in [0.15, 0.2) is 0 Å². The van der Waals surface area contributed by atoms with E-state index in [1.54, 1.807) is 7.11 Å². The van der Waals surface area contributed by atoms with Gasteiger partial charge in [0.2, 0.25) is 0 Å². The van der Waals surface area contributed by atoms with E-state index in [0.29, 0.717) is 18.7 Å². The number of nitrogens with zero attached hydrogens (tertiary/aromatic N) is 1. The maximum atomic E-state index is 9.30. The molecule has 2 rings (SSSR count). The van der Waals surface area contributed by atoms with Gasteiger partial charge in [-0.25, -0.2) is 0 Å². The first-order valence-electron chi connectivity index (χ1n) is 6.80. The van der Waals surface area contributed by atoms with E-state index in [-0.39, 0.29) is 11.3 Å². The van der Waals surface area contributed by atoms with Crippen molar-refractivity contribution in [2.75, 3.05) is 13.7 Å². The lowest BCUT2D eigenvalue weighted by Gasteiger charge is -2.51. The fourth-order valence-electron chi connectivity index (χ4n) is 2.82. The molecule has 3 unspecified atom stereocenters. The molecular formula is C16H22N2O. The Balaban J connectivity index is 1.91. The average Bonchev–Trinajstić information content (AvgIpc) is 2.43. The molecule has 0 aliphatic heterocycles. The largest absolute Gasteiger partial charge is 0.381 e. The van der Waals surface area contributed by atoms with Gasteiger partial charge in [-0.15, -0.1) is 0 Å². The van der Waals surface area contributed by atoms with E-state index in [4.69, 9.17) is 4.74 Å². The third-order valence-electron chi connectivity index (χ3n) is 4.39. The van der Waals surface area contributed by atoms with E-state index in [2.05, 4.69) is 25.2 Å². The summed E-state index contributed by atoms with van der Waals surface area (Å²) in [5, 5.41) is 12.8. The van der Waals surface area contributed by atoms with Crippen LogP contribution in [0.15, 0.2) is 30.3 Å². The second-order valence-electron chi connectivity index (χ2n) is 5.83. The predicted molar refractivity (Wildman–Crippen MR) is 75.8 cm³/mol. The smallest absolute Gasteiger partial charge is 0.0837 e. The van der Waals surface area contributed by atoms with Crippen LogP contribution in [0.5, 0.6) is 0 Å². The fourth-order valence-corrected chi connectivity index (χ4v) is 2.82. The highest BCUT2D eigenvalue weighted by Gasteiger charge is 2.48. The molecule has 1 N–H and O–H groups in total. The van der Waals surface area contributed by atoms with Crippen molar-refractivity contribution < 1.29 is 4.74 Å². The molecule has 0 amide bonds. The normalized spacial score (nSPS) is 26.2. The topological polar surface area (TPSA) is 45.0 Å². The van der Waals surface area contributed by atoms with Gasteiger partial charge in [0.25, 0.3) is 0 Å². The van der Waals surface area contributed by atoms with Gasteiger partial charge in [-0.3, -0.25) is 0 Å². The van der Waals surface area contributed by atoms with Gasteiger partial charge in [0, 0.05) is 25.1 Å². The van der Waals surface area contributed by atoms with Crippen LogP contribution in [0.2, 0.25) is 0 Å². The van der Waals surface area contributed by atoms with Crippen LogP contribution in [0.1, 0.15) is 31.7 Å². The quantitative estimate of drug-likeness (QED) is 0.883. The number of rotatable bonds is 5. The minimum Gasteiger partial charge on any atom is -0.381 e. The van der Waals surface area contributed by atoms with Gasteiger partial charge in [-0.05, 0) is 12.0 Å². The Morgan fingerprint density at radius 3 is 2.63 bits per heavy atom. The minimum absolute atomic E-state index is 0.0846. The molecule has 0 aromatic heterocycles. The summed E-state index contributed by atoms with van der Waals surface area (Å²) in [6.45, 7) is 5.13. The van der Waals surface area contributed by atoms with Crippen LogP contribution in [0.25, 0.3) is 0 Å². The molecule has 0 saturated heterocycles. The maximum absolute atomic E-state index is 9.30. The monoisotopic (exact) mass is 258 g/mol. The highest BCUT2D eigenvalue weighted by molar-refractivity contribution is 5.25. The van der Waals surface area contributed by atoms with Crippen molar-refractivity contribution in [3.05, 3.63) is 35.9 Å². The lowest BCUT2D eigenvalue weighted by molar-refractivity contribution is -0.0973. The van der Waals surface area contributed by atoms with Gasteiger partial charge in [0.05, 0.1) is 18.1 Å². The van der Waals surface area contributed by atoms with Crippen LogP contribution in [0, 0.1) is 16.7 Å². The van der Waals surface area contributed by atoms with Crippen LogP contribution in [0.4, 0.5) is 0 Å². The summed E-state index contributed by atoms with van der Waals surface area (Å²) < 4.78 is 5.44. The lowest BCUT2D eigenvalue weighted by Crippen LogP contribution is -2.61. The summed E-state index contributed by atoms with van der Waals surface area (Å²) in [6.07, 6.45) is 1.35. The molecule has 102 valence electrons. The van der Waals surface area contributed by atoms with Crippen LogP contribution in [-0.2, 0) is 4.74 Å². The molecule has 1 aliphatic carbocycles. The van der Waals surface area contributed by atoms with Crippen LogP contribution in [0.3, 0.4) is 0 Å². The van der Waals surface area contributed by atoms with Crippen LogP contribution >= 0.6 is 0 Å². The summed E-state index contributed by atoms with van der Waals surface area (Å²) in [5.74, 6) is -0.0846. The van der Waals surface area contributed by atoms with Gasteiger partial charge >= 0.3 is 0 Å². The summed E-state index contributed by atoms with van der Waals surface area (Å²) in [7, 11) is 1.77. The Bertz CT molecular complexity index is 450. The first-order chi connectivity index (χ1) is 9.09. The third kappa shape index (κ3) is 2.80. The summed E-state index contributed by atoms with van der Waals surface area (Å²) >= 11 is 0. The first-order valence-corrected chi connectivity index (χ1v) is 6.80. The molecule has 1 aliphatic rings. The summed E-state index contributed by atoms with van der Waals surface area (Å²) in [5.41, 5.74) is 1.23. The van der Waals surface area contributed by atoms with Gasteiger partial charge in [-0.2, -0.15) is 5.26 Å². The lowest BCUT2D eigenvalue weighted by atomic mass is 9.64. The zero-order chi connectivity index (χ0) is 13.9. The zero-order valence-electron chi connectivity index (χ0n) is 11.9. The minimum atomic E-state index is -0.0846. The second kappa shape index (κ2) is 5.73. The molecule has 0 bridgehead atoms. The Morgan fingerprint density at radius 1 is 1.42 bits per heavy atom. The molecule has 1 aromatic carbocycles. The molecular weight excluding hydrogens is 236 g/mol. The number of methoxy groups -OCH3 is 1. The molecule has 1 aromatic rings. The molecule has 0 heterocycles. The molecule has 0 spiro atoms. The number of benzene rings is 1. The van der Waals surface area contributed by atoms with Crippen molar-refractivity contribution in [2.45, 2.75) is 38.3 Å². The highest BCUT2D eigenvalue weighted by Crippen LogP contribution is 2.42. The average molecular weight is 258 g/mol. The molecule has 3 nitrogen and oxygen atoms in total. The van der Waals surface area contributed by atoms with E-state index < -0.39 is 0 Å². The van der Waals surface area contributed by atoms with Crippen LogP contribution in [-0.4, -0.2) is 25.8 Å².